The van der Waals surface area contributed by atoms with Crippen molar-refractivity contribution in [3.05, 3.63) is 70.2 Å². The number of carbonyl (C=O) groups excluding carboxylic acids is 4. The van der Waals surface area contributed by atoms with Gasteiger partial charge in [0.05, 0.1) is 53.1 Å². The molecule has 328 valence electrons. The standard InChI is InChI=1S/C44H59N3O13/c1-22-11-10-12-23(2)43(55)45-30-21-31(50)33-34(39(30)54)38(53)27(6)41-35(33)42(46-58-20-18-47-16-13-29(49)14-17-47)44(8,60-41)57-19-15-32(56-9)24(3)40(59-28(7)48)26(5)37(52)25(4)36(22)51/h10-12,15,19,21-22,24-26,29,32,36-37,40,49,51-53H,13-14,16-18,20H2,1-9H3,(H,45,55)/t22-,24+,25+,26+,32-,36-,37+,40+,44-/m0/s1. The summed E-state index contributed by atoms with van der Waals surface area (Å²) in [5.41, 5.74) is -0.613. The van der Waals surface area contributed by atoms with E-state index in [1.165, 1.54) is 47.1 Å². The third-order valence-electron chi connectivity index (χ3n) is 12.0. The summed E-state index contributed by atoms with van der Waals surface area (Å²) in [7, 11) is 1.46. The number of benzene rings is 1. The van der Waals surface area contributed by atoms with E-state index in [1.807, 2.05) is 0 Å². The molecule has 1 saturated heterocycles. The van der Waals surface area contributed by atoms with Crippen molar-refractivity contribution in [2.45, 2.75) is 105 Å². The average Bonchev–Trinajstić information content (AvgIpc) is 3.50. The number of amides is 1. The van der Waals surface area contributed by atoms with Gasteiger partial charge in [-0.3, -0.25) is 24.1 Å². The first kappa shape index (κ1) is 46.2. The number of hydrogen-bond donors (Lipinski definition) is 5. The number of aliphatic hydroxyl groups excluding tert-OH is 3. The van der Waals surface area contributed by atoms with Crippen molar-refractivity contribution in [2.75, 3.05) is 33.4 Å². The maximum Gasteiger partial charge on any atom is 0.302 e. The summed E-state index contributed by atoms with van der Waals surface area (Å²) >= 11 is 0. The number of Topliss-reactive ketones (excluding diaryl/α,β-unsaturated/α-hetero) is 1. The van der Waals surface area contributed by atoms with Gasteiger partial charge in [-0.05, 0) is 32.8 Å². The Morgan fingerprint density at radius 3 is 2.32 bits per heavy atom. The van der Waals surface area contributed by atoms with Crippen LogP contribution in [-0.4, -0.2) is 124 Å². The zero-order valence-corrected chi connectivity index (χ0v) is 35.8. The van der Waals surface area contributed by atoms with Crippen LogP contribution in [-0.2, 0) is 28.6 Å². The first-order chi connectivity index (χ1) is 28.3. The van der Waals surface area contributed by atoms with E-state index in [0.717, 1.165) is 6.08 Å². The van der Waals surface area contributed by atoms with Crippen molar-refractivity contribution in [2.24, 2.45) is 28.8 Å². The minimum Gasteiger partial charge on any atom is -0.507 e. The van der Waals surface area contributed by atoms with Gasteiger partial charge in [0, 0.05) is 81.5 Å². The first-order valence-corrected chi connectivity index (χ1v) is 20.4. The molecule has 1 aromatic rings. The maximum absolute atomic E-state index is 14.1. The number of methoxy groups -OCH3 is 1. The molecule has 1 aromatic carbocycles. The van der Waals surface area contributed by atoms with Crippen molar-refractivity contribution in [3.8, 4) is 11.5 Å². The Morgan fingerprint density at radius 2 is 1.67 bits per heavy atom. The van der Waals surface area contributed by atoms with Crippen LogP contribution in [0.25, 0.3) is 0 Å². The third kappa shape index (κ3) is 9.68. The van der Waals surface area contributed by atoms with Crippen molar-refractivity contribution >= 4 is 29.2 Å². The molecule has 16 heteroatoms. The zero-order chi connectivity index (χ0) is 44.2. The number of likely N-dealkylation sites (tertiary alicyclic amines) is 1. The topological polar surface area (TPSA) is 223 Å². The molecule has 5 N–H and O–H groups in total. The minimum absolute atomic E-state index is 0.0176. The van der Waals surface area contributed by atoms with Crippen LogP contribution in [0.1, 0.15) is 93.2 Å². The number of rotatable bonds is 6. The number of phenols is 1. The molecule has 6 rings (SSSR count). The third-order valence-corrected chi connectivity index (χ3v) is 12.0. The van der Waals surface area contributed by atoms with Gasteiger partial charge in [-0.1, -0.05) is 51.1 Å². The number of allylic oxidation sites excluding steroid dienone is 4. The number of aromatic hydroxyl groups is 1. The second kappa shape index (κ2) is 19.2. The number of nitrogens with zero attached hydrogens (tertiary/aromatic N) is 2. The average molecular weight is 838 g/mol. The summed E-state index contributed by atoms with van der Waals surface area (Å²) < 4.78 is 24.3. The van der Waals surface area contributed by atoms with E-state index in [4.69, 9.17) is 23.8 Å². The highest BCUT2D eigenvalue weighted by molar-refractivity contribution is 6.31. The number of fused-ring (bicyclic) bond motifs is 14. The molecule has 0 unspecified atom stereocenters. The highest BCUT2D eigenvalue weighted by atomic mass is 16.7. The van der Waals surface area contributed by atoms with E-state index in [1.54, 1.807) is 45.9 Å². The van der Waals surface area contributed by atoms with Crippen LogP contribution in [0.15, 0.2) is 53.1 Å². The largest absolute Gasteiger partial charge is 0.507 e. The van der Waals surface area contributed by atoms with Gasteiger partial charge < -0.3 is 49.5 Å². The lowest BCUT2D eigenvalue weighted by Crippen LogP contribution is -2.46. The van der Waals surface area contributed by atoms with Gasteiger partial charge >= 0.3 is 5.97 Å². The lowest BCUT2D eigenvalue weighted by molar-refractivity contribution is -0.160. The van der Waals surface area contributed by atoms with Gasteiger partial charge in [0.15, 0.2) is 11.5 Å². The summed E-state index contributed by atoms with van der Waals surface area (Å²) in [6, 6.07) is 0. The Morgan fingerprint density at radius 1 is 0.983 bits per heavy atom. The highest BCUT2D eigenvalue weighted by Gasteiger charge is 2.51. The van der Waals surface area contributed by atoms with E-state index in [9.17, 15) is 39.6 Å². The van der Waals surface area contributed by atoms with Crippen LogP contribution in [0.2, 0.25) is 0 Å². The van der Waals surface area contributed by atoms with Crippen LogP contribution in [0.4, 0.5) is 0 Å². The molecule has 0 saturated carbocycles. The second-order valence-corrected chi connectivity index (χ2v) is 16.4. The number of oxime groups is 1. The highest BCUT2D eigenvalue weighted by Crippen LogP contribution is 2.48. The smallest absolute Gasteiger partial charge is 0.302 e. The number of ketones is 2. The van der Waals surface area contributed by atoms with Gasteiger partial charge in [0.2, 0.25) is 5.78 Å². The molecule has 4 heterocycles. The molecule has 1 fully saturated rings. The quantitative estimate of drug-likeness (QED) is 0.157. The van der Waals surface area contributed by atoms with Crippen molar-refractivity contribution < 1.29 is 63.4 Å². The van der Waals surface area contributed by atoms with Crippen LogP contribution < -0.4 is 10.1 Å². The Hall–Kier alpha value is -4.87. The number of piperidine rings is 1. The number of phenolic OH excluding ortho intramolecular Hbond substituents is 1. The molecule has 16 nitrogen and oxygen atoms in total. The molecule has 9 atom stereocenters. The van der Waals surface area contributed by atoms with E-state index in [0.29, 0.717) is 32.5 Å². The molecule has 0 radical (unpaired) electrons. The lowest BCUT2D eigenvalue weighted by atomic mass is 9.78. The number of carbonyl (C=O) groups is 4. The van der Waals surface area contributed by atoms with E-state index in [-0.39, 0.29) is 57.7 Å². The SMILES string of the molecule is CO[C@H]1C=CO[C@@]2(C)Oc3c(C)c(O)c4c(c3C2=NOCCN2CCC(O)CC2)C(=O)C=C(NC(=O)C(C)=CC=C[C@H](C)[C@H](O)[C@@H](C)[C@@H](O)[C@@H](C)[C@H](OC(C)=O)[C@@H]1C)C4=O. The number of nitrogens with one attached hydrogen (secondary N) is 1. The predicted octanol–water partition coefficient (Wildman–Crippen LogP) is 3.63. The first-order valence-electron chi connectivity index (χ1n) is 20.4. The molecular weight excluding hydrogens is 778 g/mol. The van der Waals surface area contributed by atoms with Crippen LogP contribution in [0.5, 0.6) is 11.5 Å². The molecule has 60 heavy (non-hydrogen) atoms. The second-order valence-electron chi connectivity index (χ2n) is 16.4. The normalized spacial score (nSPS) is 31.6. The van der Waals surface area contributed by atoms with Gasteiger partial charge in [0.25, 0.3) is 11.7 Å². The summed E-state index contributed by atoms with van der Waals surface area (Å²) in [6.07, 6.45) is 5.62. The van der Waals surface area contributed by atoms with E-state index >= 15 is 0 Å². The number of esters is 1. The molecule has 0 aromatic heterocycles. The summed E-state index contributed by atoms with van der Waals surface area (Å²) in [4.78, 5) is 61.9. The fraction of sp³-hybridized carbons (Fsp3) is 0.568. The number of ether oxygens (including phenoxy) is 4. The van der Waals surface area contributed by atoms with Crippen LogP contribution in [0.3, 0.4) is 0 Å². The predicted molar refractivity (Wildman–Crippen MR) is 219 cm³/mol. The molecule has 1 aliphatic carbocycles. The monoisotopic (exact) mass is 837 g/mol. The van der Waals surface area contributed by atoms with Gasteiger partial charge in [0.1, 0.15) is 24.2 Å². The summed E-state index contributed by atoms with van der Waals surface area (Å²) in [6.45, 7) is 14.7. The van der Waals surface area contributed by atoms with Crippen molar-refractivity contribution in [1.29, 1.82) is 0 Å². The Labute approximate surface area is 350 Å². The zero-order valence-electron chi connectivity index (χ0n) is 35.8. The van der Waals surface area contributed by atoms with E-state index in [2.05, 4.69) is 15.4 Å². The van der Waals surface area contributed by atoms with Crippen LogP contribution in [0, 0.1) is 30.6 Å². The Balaban J connectivity index is 1.61. The van der Waals surface area contributed by atoms with Gasteiger partial charge in [-0.2, -0.15) is 0 Å². The summed E-state index contributed by atoms with van der Waals surface area (Å²) in [5, 5.41) is 51.2. The Kier molecular flexibility index (Phi) is 14.8. The Bertz CT molecular complexity index is 1980. The number of hydrogen-bond acceptors (Lipinski definition) is 15. The van der Waals surface area contributed by atoms with Crippen LogP contribution >= 0.6 is 0 Å². The van der Waals surface area contributed by atoms with Gasteiger partial charge in [-0.15, -0.1) is 0 Å². The van der Waals surface area contributed by atoms with Crippen molar-refractivity contribution in [1.82, 2.24) is 10.2 Å². The summed E-state index contributed by atoms with van der Waals surface area (Å²) in [5.74, 6) is -7.57. The fourth-order valence-corrected chi connectivity index (χ4v) is 8.19. The lowest BCUT2D eigenvalue weighted by Gasteiger charge is -2.38. The van der Waals surface area contributed by atoms with Gasteiger partial charge in [-0.25, -0.2) is 0 Å². The fourth-order valence-electron chi connectivity index (χ4n) is 8.19. The van der Waals surface area contributed by atoms with Crippen molar-refractivity contribution in [3.63, 3.8) is 0 Å². The van der Waals surface area contributed by atoms with E-state index < -0.39 is 83.1 Å². The molecule has 0 spiro atoms. The maximum atomic E-state index is 14.1. The number of aliphatic hydroxyl groups is 3. The molecule has 5 bridgehead atoms. The molecule has 4 aliphatic heterocycles. The minimum atomic E-state index is -1.81. The molecular formula is C44H59N3O13. The molecule has 5 aliphatic rings. The molecule has 1 amide bonds.